The van der Waals surface area contributed by atoms with Gasteiger partial charge in [-0.25, -0.2) is 4.39 Å². The Morgan fingerprint density at radius 2 is 1.68 bits per heavy atom. The van der Waals surface area contributed by atoms with Crippen LogP contribution >= 0.6 is 0 Å². The number of primary amides is 1. The van der Waals surface area contributed by atoms with Crippen molar-refractivity contribution in [1.29, 1.82) is 0 Å². The number of benzene rings is 2. The van der Waals surface area contributed by atoms with E-state index < -0.39 is 0 Å². The second-order valence-corrected chi connectivity index (χ2v) is 3.71. The van der Waals surface area contributed by atoms with Crippen molar-refractivity contribution in [3.8, 4) is 11.5 Å². The van der Waals surface area contributed by atoms with Gasteiger partial charge in [0.1, 0.15) is 23.6 Å². The highest BCUT2D eigenvalue weighted by Gasteiger charge is 1.99. The van der Waals surface area contributed by atoms with Crippen molar-refractivity contribution in [3.63, 3.8) is 0 Å². The van der Waals surface area contributed by atoms with Crippen molar-refractivity contribution < 1.29 is 23.8 Å². The van der Waals surface area contributed by atoms with Gasteiger partial charge in [0.05, 0.1) is 0 Å². The van der Waals surface area contributed by atoms with Gasteiger partial charge in [-0.3, -0.25) is 4.79 Å². The van der Waals surface area contributed by atoms with E-state index in [9.17, 15) is 9.18 Å². The maximum absolute atomic E-state index is 12.7. The Morgan fingerprint density at radius 1 is 1.09 bits per heavy atom. The highest BCUT2D eigenvalue weighted by Crippen LogP contribution is 2.22. The van der Waals surface area contributed by atoms with Gasteiger partial charge in [0.2, 0.25) is 6.41 Å². The number of rotatable bonds is 4. The van der Waals surface area contributed by atoms with Gasteiger partial charge < -0.3 is 20.4 Å². The maximum Gasteiger partial charge on any atom is 0.204 e. The third-order valence-corrected chi connectivity index (χ3v) is 2.27. The third kappa shape index (κ3) is 7.76. The van der Waals surface area contributed by atoms with Gasteiger partial charge in [-0.1, -0.05) is 12.1 Å². The zero-order valence-electron chi connectivity index (χ0n) is 12.1. The molecule has 0 fully saturated rings. The molecule has 0 radical (unpaired) electrons. The fourth-order valence-electron chi connectivity index (χ4n) is 1.47. The Bertz CT molecular complexity index is 558. The molecule has 1 amide bonds. The summed E-state index contributed by atoms with van der Waals surface area (Å²) in [6.45, 7) is 0. The van der Waals surface area contributed by atoms with Gasteiger partial charge in [-0.2, -0.15) is 0 Å². The van der Waals surface area contributed by atoms with E-state index in [0.29, 0.717) is 17.9 Å². The number of hydrogen-bond donors (Lipinski definition) is 2. The molecule has 0 heterocycles. The summed E-state index contributed by atoms with van der Waals surface area (Å²) < 4.78 is 18.2. The number of aliphatic hydroxyl groups excluding tert-OH is 1. The van der Waals surface area contributed by atoms with E-state index in [2.05, 4.69) is 5.73 Å². The quantitative estimate of drug-likeness (QED) is 0.846. The second kappa shape index (κ2) is 12.0. The van der Waals surface area contributed by atoms with E-state index >= 15 is 0 Å². The molecule has 0 spiro atoms. The molecule has 0 bridgehead atoms. The third-order valence-electron chi connectivity index (χ3n) is 2.27. The molecule has 0 saturated carbocycles. The first-order valence-electron chi connectivity index (χ1n) is 6.25. The summed E-state index contributed by atoms with van der Waals surface area (Å²) in [5.41, 5.74) is 5.06. The van der Waals surface area contributed by atoms with Gasteiger partial charge in [-0.05, 0) is 42.0 Å². The molecule has 0 aromatic heterocycles. The van der Waals surface area contributed by atoms with Crippen molar-refractivity contribution in [2.45, 2.75) is 6.42 Å². The summed E-state index contributed by atoms with van der Waals surface area (Å²) in [6.07, 6.45) is 1.46. The molecule has 5 nitrogen and oxygen atoms in total. The Labute approximate surface area is 128 Å². The topological polar surface area (TPSA) is 89.6 Å². The SMILES string of the molecule is CO.NC=O.O=CCc1cccc(Oc2ccc(F)cc2)c1. The van der Waals surface area contributed by atoms with E-state index in [1.54, 1.807) is 24.3 Å². The fraction of sp³-hybridized carbons (Fsp3) is 0.125. The number of aldehydes is 1. The molecule has 0 unspecified atom stereocenters. The molecule has 0 saturated heterocycles. The van der Waals surface area contributed by atoms with Gasteiger partial charge in [0, 0.05) is 13.5 Å². The van der Waals surface area contributed by atoms with Crippen LogP contribution in [0.1, 0.15) is 5.56 Å². The lowest BCUT2D eigenvalue weighted by Gasteiger charge is -2.06. The number of carbonyl (C=O) groups is 2. The summed E-state index contributed by atoms with van der Waals surface area (Å²) in [6, 6.07) is 13.0. The van der Waals surface area contributed by atoms with E-state index in [0.717, 1.165) is 19.0 Å². The number of amides is 1. The average Bonchev–Trinajstić information content (AvgIpc) is 2.53. The molecule has 6 heteroatoms. The number of ether oxygens (including phenoxy) is 1. The second-order valence-electron chi connectivity index (χ2n) is 3.71. The molecule has 2 aromatic carbocycles. The summed E-state index contributed by atoms with van der Waals surface area (Å²) in [7, 11) is 1.00. The fourth-order valence-corrected chi connectivity index (χ4v) is 1.47. The van der Waals surface area contributed by atoms with Crippen LogP contribution in [-0.2, 0) is 16.0 Å². The molecule has 2 rings (SSSR count). The first-order valence-corrected chi connectivity index (χ1v) is 6.25. The number of halogens is 1. The highest BCUT2D eigenvalue weighted by atomic mass is 19.1. The Kier molecular flexibility index (Phi) is 10.5. The first kappa shape index (κ1) is 19.3. The summed E-state index contributed by atoms with van der Waals surface area (Å²) in [5.74, 6) is 0.901. The standard InChI is InChI=1S/C14H11FO2.CH3NO.CH4O/c15-12-4-6-13(7-5-12)17-14-3-1-2-11(10-14)8-9-16;2-1-3;1-2/h1-7,9-10H,8H2;1H,(H2,2,3);2H,1H3. The van der Waals surface area contributed by atoms with Crippen LogP contribution < -0.4 is 10.5 Å². The van der Waals surface area contributed by atoms with Crippen molar-refractivity contribution in [1.82, 2.24) is 0 Å². The van der Waals surface area contributed by atoms with E-state index in [1.807, 2.05) is 12.1 Å². The predicted molar refractivity (Wildman–Crippen MR) is 81.1 cm³/mol. The van der Waals surface area contributed by atoms with Crippen molar-refractivity contribution >= 4 is 12.7 Å². The van der Waals surface area contributed by atoms with Gasteiger partial charge in [-0.15, -0.1) is 0 Å². The summed E-state index contributed by atoms with van der Waals surface area (Å²) in [4.78, 5) is 19.0. The normalized spacial score (nSPS) is 8.50. The number of aliphatic hydroxyl groups is 1. The van der Waals surface area contributed by atoms with Crippen LogP contribution in [0.15, 0.2) is 48.5 Å². The molecule has 0 aliphatic rings. The largest absolute Gasteiger partial charge is 0.457 e. The number of nitrogens with two attached hydrogens (primary N) is 1. The lowest BCUT2D eigenvalue weighted by Crippen LogP contribution is -1.88. The Morgan fingerprint density at radius 3 is 2.23 bits per heavy atom. The minimum absolute atomic E-state index is 0.250. The molecule has 118 valence electrons. The molecule has 0 aliphatic heterocycles. The van der Waals surface area contributed by atoms with Crippen LogP contribution in [0.3, 0.4) is 0 Å². The molecule has 22 heavy (non-hydrogen) atoms. The minimum atomic E-state index is -0.299. The van der Waals surface area contributed by atoms with Crippen LogP contribution in [0.2, 0.25) is 0 Å². The molecule has 0 aliphatic carbocycles. The lowest BCUT2D eigenvalue weighted by atomic mass is 10.1. The monoisotopic (exact) mass is 307 g/mol. The maximum atomic E-state index is 12.7. The van der Waals surface area contributed by atoms with Crippen LogP contribution in [0.4, 0.5) is 4.39 Å². The Balaban J connectivity index is 0.000000789. The van der Waals surface area contributed by atoms with Gasteiger partial charge in [0.25, 0.3) is 0 Å². The zero-order valence-corrected chi connectivity index (χ0v) is 12.1. The molecular formula is C16H18FNO4. The molecule has 2 aromatic rings. The lowest BCUT2D eigenvalue weighted by molar-refractivity contribution is -0.107. The smallest absolute Gasteiger partial charge is 0.204 e. The molecule has 0 atom stereocenters. The predicted octanol–water partition coefficient (Wildman–Crippen LogP) is 2.07. The van der Waals surface area contributed by atoms with Gasteiger partial charge >= 0.3 is 0 Å². The summed E-state index contributed by atoms with van der Waals surface area (Å²) in [5, 5.41) is 7.00. The molecule has 3 N–H and O–H groups in total. The van der Waals surface area contributed by atoms with E-state index in [-0.39, 0.29) is 12.2 Å². The van der Waals surface area contributed by atoms with Crippen LogP contribution in [-0.4, -0.2) is 24.9 Å². The average molecular weight is 307 g/mol. The first-order chi connectivity index (χ1) is 10.7. The van der Waals surface area contributed by atoms with Crippen LogP contribution in [0.5, 0.6) is 11.5 Å². The van der Waals surface area contributed by atoms with Crippen molar-refractivity contribution in [2.75, 3.05) is 7.11 Å². The highest BCUT2D eigenvalue weighted by molar-refractivity contribution is 5.55. The zero-order chi connectivity index (χ0) is 16.8. The van der Waals surface area contributed by atoms with Gasteiger partial charge in [0.15, 0.2) is 0 Å². The van der Waals surface area contributed by atoms with E-state index in [1.165, 1.54) is 12.1 Å². The number of hydrogen-bond acceptors (Lipinski definition) is 4. The number of carbonyl (C=O) groups excluding carboxylic acids is 2. The van der Waals surface area contributed by atoms with Crippen LogP contribution in [0, 0.1) is 5.82 Å². The summed E-state index contributed by atoms with van der Waals surface area (Å²) >= 11 is 0. The van der Waals surface area contributed by atoms with Crippen molar-refractivity contribution in [2.24, 2.45) is 5.73 Å². The molecular weight excluding hydrogens is 289 g/mol. The van der Waals surface area contributed by atoms with Crippen LogP contribution in [0.25, 0.3) is 0 Å². The van der Waals surface area contributed by atoms with Crippen molar-refractivity contribution in [3.05, 3.63) is 59.9 Å². The van der Waals surface area contributed by atoms with E-state index in [4.69, 9.17) is 14.6 Å². The Hall–Kier alpha value is -2.73. The minimum Gasteiger partial charge on any atom is -0.457 e.